The second kappa shape index (κ2) is 8.06. The number of carbonyl (C=O) groups is 1. The lowest BCUT2D eigenvalue weighted by molar-refractivity contribution is -0.114. The summed E-state index contributed by atoms with van der Waals surface area (Å²) in [6.07, 6.45) is 3.54. The van der Waals surface area contributed by atoms with Crippen LogP contribution < -0.4 is 16.0 Å². The van der Waals surface area contributed by atoms with Crippen molar-refractivity contribution in [1.29, 1.82) is 0 Å². The number of nitrogens with one attached hydrogen (secondary N) is 3. The lowest BCUT2D eigenvalue weighted by Crippen LogP contribution is -2.07. The van der Waals surface area contributed by atoms with Gasteiger partial charge in [-0.1, -0.05) is 12.1 Å². The standard InChI is InChI=1S/C19H20N6O/c1-13-9-18(24-17-7-3-6-16(10-17)23-14(2)26)25-19(22-13)21-12-15-5-4-8-20-11-15/h3-11H,12H2,1-2H3,(H,23,26)(H2,21,22,24,25). The van der Waals surface area contributed by atoms with Crippen molar-refractivity contribution in [3.63, 3.8) is 0 Å². The van der Waals surface area contributed by atoms with Crippen LogP contribution in [0.1, 0.15) is 18.2 Å². The number of aromatic nitrogens is 3. The predicted molar refractivity (Wildman–Crippen MR) is 102 cm³/mol. The predicted octanol–water partition coefficient (Wildman–Crippen LogP) is 3.49. The van der Waals surface area contributed by atoms with Gasteiger partial charge in [-0.3, -0.25) is 9.78 Å². The molecule has 2 heterocycles. The minimum Gasteiger partial charge on any atom is -0.350 e. The highest BCUT2D eigenvalue weighted by atomic mass is 16.1. The van der Waals surface area contributed by atoms with Crippen molar-refractivity contribution in [2.45, 2.75) is 20.4 Å². The Balaban J connectivity index is 1.72. The second-order valence-electron chi connectivity index (χ2n) is 5.82. The number of carbonyl (C=O) groups excluding carboxylic acids is 1. The highest BCUT2D eigenvalue weighted by Crippen LogP contribution is 2.20. The first-order chi connectivity index (χ1) is 12.6. The molecule has 0 aliphatic heterocycles. The molecule has 3 rings (SSSR count). The fourth-order valence-corrected chi connectivity index (χ4v) is 2.42. The summed E-state index contributed by atoms with van der Waals surface area (Å²) in [5.74, 6) is 1.10. The third kappa shape index (κ3) is 5.01. The molecule has 0 unspecified atom stereocenters. The SMILES string of the molecule is CC(=O)Nc1cccc(Nc2cc(C)nc(NCc3cccnc3)n2)c1. The summed E-state index contributed by atoms with van der Waals surface area (Å²) in [4.78, 5) is 24.2. The van der Waals surface area contributed by atoms with E-state index in [1.165, 1.54) is 6.92 Å². The van der Waals surface area contributed by atoms with Gasteiger partial charge in [-0.2, -0.15) is 4.98 Å². The summed E-state index contributed by atoms with van der Waals surface area (Å²) < 4.78 is 0. The quantitative estimate of drug-likeness (QED) is 0.631. The fourth-order valence-electron chi connectivity index (χ4n) is 2.42. The van der Waals surface area contributed by atoms with Crippen LogP contribution in [-0.2, 0) is 11.3 Å². The van der Waals surface area contributed by atoms with E-state index in [-0.39, 0.29) is 5.91 Å². The number of hydrogen-bond donors (Lipinski definition) is 3. The van der Waals surface area contributed by atoms with E-state index in [4.69, 9.17) is 0 Å². The molecule has 0 aliphatic rings. The van der Waals surface area contributed by atoms with Gasteiger partial charge in [-0.05, 0) is 36.8 Å². The maximum Gasteiger partial charge on any atom is 0.225 e. The normalized spacial score (nSPS) is 10.2. The first kappa shape index (κ1) is 17.3. The van der Waals surface area contributed by atoms with Crippen molar-refractivity contribution >= 4 is 29.0 Å². The smallest absolute Gasteiger partial charge is 0.225 e. The first-order valence-electron chi connectivity index (χ1n) is 8.21. The summed E-state index contributed by atoms with van der Waals surface area (Å²) >= 11 is 0. The van der Waals surface area contributed by atoms with E-state index in [1.807, 2.05) is 49.4 Å². The Morgan fingerprint density at radius 3 is 2.69 bits per heavy atom. The minimum absolute atomic E-state index is 0.109. The Bertz CT molecular complexity index is 898. The minimum atomic E-state index is -0.109. The number of anilines is 4. The van der Waals surface area contributed by atoms with Gasteiger partial charge in [-0.15, -0.1) is 0 Å². The average molecular weight is 348 g/mol. The molecule has 2 aromatic heterocycles. The fraction of sp³-hybridized carbons (Fsp3) is 0.158. The number of nitrogens with zero attached hydrogens (tertiary/aromatic N) is 3. The summed E-state index contributed by atoms with van der Waals surface area (Å²) in [6.45, 7) is 3.98. The molecule has 0 radical (unpaired) electrons. The summed E-state index contributed by atoms with van der Waals surface area (Å²) in [7, 11) is 0. The molecule has 0 saturated heterocycles. The van der Waals surface area contributed by atoms with E-state index in [2.05, 4.69) is 30.9 Å². The van der Waals surface area contributed by atoms with E-state index in [1.54, 1.807) is 12.4 Å². The number of amides is 1. The zero-order valence-electron chi connectivity index (χ0n) is 14.7. The molecule has 0 saturated carbocycles. The highest BCUT2D eigenvalue weighted by Gasteiger charge is 2.04. The number of pyridine rings is 1. The van der Waals surface area contributed by atoms with E-state index in [0.717, 1.165) is 22.6 Å². The molecule has 1 amide bonds. The summed E-state index contributed by atoms with van der Waals surface area (Å²) in [5.41, 5.74) is 3.44. The number of hydrogen-bond acceptors (Lipinski definition) is 6. The molecule has 7 nitrogen and oxygen atoms in total. The maximum absolute atomic E-state index is 11.2. The number of benzene rings is 1. The molecular formula is C19H20N6O. The van der Waals surface area contributed by atoms with Gasteiger partial charge in [0.2, 0.25) is 11.9 Å². The van der Waals surface area contributed by atoms with Gasteiger partial charge in [0, 0.05) is 49.0 Å². The largest absolute Gasteiger partial charge is 0.350 e. The molecule has 0 fully saturated rings. The number of rotatable bonds is 6. The van der Waals surface area contributed by atoms with Gasteiger partial charge in [0.05, 0.1) is 0 Å². The second-order valence-corrected chi connectivity index (χ2v) is 5.82. The van der Waals surface area contributed by atoms with E-state index >= 15 is 0 Å². The molecule has 3 aromatic rings. The van der Waals surface area contributed by atoms with Gasteiger partial charge < -0.3 is 16.0 Å². The van der Waals surface area contributed by atoms with E-state index in [0.29, 0.717) is 18.3 Å². The van der Waals surface area contributed by atoms with E-state index in [9.17, 15) is 4.79 Å². The first-order valence-corrected chi connectivity index (χ1v) is 8.21. The van der Waals surface area contributed by atoms with Crippen LogP contribution in [-0.4, -0.2) is 20.9 Å². The van der Waals surface area contributed by atoms with Crippen molar-refractivity contribution in [3.05, 3.63) is 66.1 Å². The number of aryl methyl sites for hydroxylation is 1. The Morgan fingerprint density at radius 2 is 1.92 bits per heavy atom. The highest BCUT2D eigenvalue weighted by molar-refractivity contribution is 5.89. The molecule has 7 heteroatoms. The Kier molecular flexibility index (Phi) is 5.38. The van der Waals surface area contributed by atoms with Crippen LogP contribution in [0.3, 0.4) is 0 Å². The van der Waals surface area contributed by atoms with Crippen LogP contribution in [0, 0.1) is 6.92 Å². The van der Waals surface area contributed by atoms with Crippen molar-refractivity contribution in [3.8, 4) is 0 Å². The van der Waals surface area contributed by atoms with Crippen molar-refractivity contribution in [2.24, 2.45) is 0 Å². The van der Waals surface area contributed by atoms with Crippen molar-refractivity contribution in [1.82, 2.24) is 15.0 Å². The van der Waals surface area contributed by atoms with Crippen LogP contribution in [0.25, 0.3) is 0 Å². The van der Waals surface area contributed by atoms with Crippen LogP contribution in [0.2, 0.25) is 0 Å². The summed E-state index contributed by atoms with van der Waals surface area (Å²) in [5, 5.41) is 9.21. The van der Waals surface area contributed by atoms with E-state index < -0.39 is 0 Å². The molecule has 132 valence electrons. The molecular weight excluding hydrogens is 328 g/mol. The Hall–Kier alpha value is -3.48. The summed E-state index contributed by atoms with van der Waals surface area (Å²) in [6, 6.07) is 13.2. The molecule has 1 aromatic carbocycles. The van der Waals surface area contributed by atoms with Gasteiger partial charge in [-0.25, -0.2) is 4.98 Å². The average Bonchev–Trinajstić information content (AvgIpc) is 2.60. The molecule has 0 atom stereocenters. The van der Waals surface area contributed by atoms with Crippen LogP contribution in [0.4, 0.5) is 23.1 Å². The third-order valence-corrected chi connectivity index (χ3v) is 3.48. The Morgan fingerprint density at radius 1 is 1.08 bits per heavy atom. The molecule has 0 spiro atoms. The van der Waals surface area contributed by atoms with Crippen LogP contribution in [0.15, 0.2) is 54.9 Å². The molecule has 0 bridgehead atoms. The molecule has 26 heavy (non-hydrogen) atoms. The zero-order valence-corrected chi connectivity index (χ0v) is 14.7. The van der Waals surface area contributed by atoms with Gasteiger partial charge >= 0.3 is 0 Å². The van der Waals surface area contributed by atoms with Crippen LogP contribution >= 0.6 is 0 Å². The third-order valence-electron chi connectivity index (χ3n) is 3.48. The lowest BCUT2D eigenvalue weighted by Gasteiger charge is -2.11. The lowest BCUT2D eigenvalue weighted by atomic mass is 10.2. The van der Waals surface area contributed by atoms with Crippen LogP contribution in [0.5, 0.6) is 0 Å². The van der Waals surface area contributed by atoms with Gasteiger partial charge in [0.25, 0.3) is 0 Å². The van der Waals surface area contributed by atoms with Crippen molar-refractivity contribution in [2.75, 3.05) is 16.0 Å². The maximum atomic E-state index is 11.2. The monoisotopic (exact) mass is 348 g/mol. The zero-order chi connectivity index (χ0) is 18.4. The van der Waals surface area contributed by atoms with Gasteiger partial charge in [0.15, 0.2) is 0 Å². The molecule has 3 N–H and O–H groups in total. The van der Waals surface area contributed by atoms with Crippen molar-refractivity contribution < 1.29 is 4.79 Å². The van der Waals surface area contributed by atoms with Gasteiger partial charge in [0.1, 0.15) is 5.82 Å². The topological polar surface area (TPSA) is 91.8 Å². The molecule has 0 aliphatic carbocycles. The Labute approximate surface area is 151 Å².